The summed E-state index contributed by atoms with van der Waals surface area (Å²) in [6.07, 6.45) is 2.13. The van der Waals surface area contributed by atoms with Crippen LogP contribution in [-0.2, 0) is 22.2 Å². The van der Waals surface area contributed by atoms with Crippen LogP contribution in [0.25, 0.3) is 0 Å². The minimum absolute atomic E-state index is 0.00595. The van der Waals surface area contributed by atoms with Crippen LogP contribution >= 0.6 is 0 Å². The van der Waals surface area contributed by atoms with Crippen molar-refractivity contribution in [3.05, 3.63) is 60.1 Å². The third-order valence-corrected chi connectivity index (χ3v) is 3.83. The molecule has 1 heterocycles. The number of furan rings is 1. The van der Waals surface area contributed by atoms with Crippen LogP contribution < -0.4 is 4.72 Å². The van der Waals surface area contributed by atoms with E-state index in [1.54, 1.807) is 24.5 Å². The maximum Gasteiger partial charge on any atom is 0.215 e. The number of sulfonamides is 1. The molecule has 18 heavy (non-hydrogen) atoms. The highest BCUT2D eigenvalue weighted by Crippen LogP contribution is 2.04. The second kappa shape index (κ2) is 5.84. The average Bonchev–Trinajstić information content (AvgIpc) is 2.82. The van der Waals surface area contributed by atoms with E-state index in [1.807, 2.05) is 24.3 Å². The van der Waals surface area contributed by atoms with Gasteiger partial charge in [-0.05, 0) is 17.7 Å². The molecule has 0 radical (unpaired) electrons. The van der Waals surface area contributed by atoms with Crippen molar-refractivity contribution in [3.63, 3.8) is 0 Å². The van der Waals surface area contributed by atoms with Crippen molar-refractivity contribution in [2.24, 2.45) is 0 Å². The van der Waals surface area contributed by atoms with Gasteiger partial charge in [0.2, 0.25) is 10.0 Å². The predicted molar refractivity (Wildman–Crippen MR) is 69.5 cm³/mol. The first-order valence-electron chi connectivity index (χ1n) is 5.69. The van der Waals surface area contributed by atoms with Crippen LogP contribution in [0.4, 0.5) is 0 Å². The van der Waals surface area contributed by atoms with Gasteiger partial charge in [0.1, 0.15) is 5.76 Å². The Labute approximate surface area is 107 Å². The molecule has 0 aliphatic heterocycles. The Morgan fingerprint density at radius 1 is 1.06 bits per heavy atom. The fraction of sp³-hybridized carbons (Fsp3) is 0.231. The molecule has 1 aromatic heterocycles. The molecule has 0 aliphatic rings. The first-order valence-corrected chi connectivity index (χ1v) is 7.34. The highest BCUT2D eigenvalue weighted by Gasteiger charge is 2.10. The van der Waals surface area contributed by atoms with Crippen LogP contribution in [0.3, 0.4) is 0 Å². The molecule has 4 nitrogen and oxygen atoms in total. The van der Waals surface area contributed by atoms with Crippen molar-refractivity contribution in [1.82, 2.24) is 4.72 Å². The fourth-order valence-electron chi connectivity index (χ4n) is 1.63. The van der Waals surface area contributed by atoms with E-state index in [1.165, 1.54) is 0 Å². The first-order chi connectivity index (χ1) is 8.66. The summed E-state index contributed by atoms with van der Waals surface area (Å²) in [4.78, 5) is 0. The molecule has 0 saturated carbocycles. The van der Waals surface area contributed by atoms with Crippen molar-refractivity contribution in [1.29, 1.82) is 0 Å². The van der Waals surface area contributed by atoms with E-state index in [0.717, 1.165) is 11.3 Å². The maximum absolute atomic E-state index is 11.8. The number of hydrogen-bond acceptors (Lipinski definition) is 3. The molecule has 1 aromatic carbocycles. The van der Waals surface area contributed by atoms with E-state index in [0.29, 0.717) is 13.0 Å². The van der Waals surface area contributed by atoms with Gasteiger partial charge in [0, 0.05) is 13.0 Å². The molecular formula is C13H15NO3S. The summed E-state index contributed by atoms with van der Waals surface area (Å²) in [5.74, 6) is 0.781. The summed E-state index contributed by atoms with van der Waals surface area (Å²) in [6.45, 7) is 0.350. The molecule has 0 fully saturated rings. The summed E-state index contributed by atoms with van der Waals surface area (Å²) in [6, 6.07) is 12.7. The number of nitrogens with one attached hydrogen (secondary N) is 1. The highest BCUT2D eigenvalue weighted by molar-refractivity contribution is 7.88. The predicted octanol–water partition coefficient (Wildman–Crippen LogP) is 1.94. The van der Waals surface area contributed by atoms with Gasteiger partial charge in [-0.1, -0.05) is 30.3 Å². The Bertz CT molecular complexity index is 562. The van der Waals surface area contributed by atoms with E-state index >= 15 is 0 Å². The van der Waals surface area contributed by atoms with Crippen LogP contribution in [0.15, 0.2) is 53.1 Å². The zero-order chi connectivity index (χ0) is 12.8. The zero-order valence-electron chi connectivity index (χ0n) is 9.87. The lowest BCUT2D eigenvalue weighted by atomic mass is 10.2. The Balaban J connectivity index is 1.84. The molecule has 2 aromatic rings. The Kier molecular flexibility index (Phi) is 4.17. The molecule has 0 atom stereocenters. The van der Waals surface area contributed by atoms with Crippen LogP contribution in [0, 0.1) is 0 Å². The van der Waals surface area contributed by atoms with Gasteiger partial charge in [-0.2, -0.15) is 0 Å². The average molecular weight is 265 g/mol. The SMILES string of the molecule is O=S(=O)(Cc1ccccc1)NCCc1ccco1. The normalized spacial score (nSPS) is 11.6. The Morgan fingerprint density at radius 3 is 2.50 bits per heavy atom. The molecule has 0 spiro atoms. The van der Waals surface area contributed by atoms with Gasteiger partial charge in [-0.25, -0.2) is 13.1 Å². The van der Waals surface area contributed by atoms with E-state index in [9.17, 15) is 8.42 Å². The fourth-order valence-corrected chi connectivity index (χ4v) is 2.78. The molecule has 0 unspecified atom stereocenters. The number of benzene rings is 1. The molecule has 2 rings (SSSR count). The maximum atomic E-state index is 11.8. The van der Waals surface area contributed by atoms with Crippen LogP contribution in [0.1, 0.15) is 11.3 Å². The quantitative estimate of drug-likeness (QED) is 0.868. The lowest BCUT2D eigenvalue weighted by molar-refractivity contribution is 0.506. The summed E-state index contributed by atoms with van der Waals surface area (Å²) in [7, 11) is -3.28. The topological polar surface area (TPSA) is 59.3 Å². The van der Waals surface area contributed by atoms with Crippen LogP contribution in [0.2, 0.25) is 0 Å². The van der Waals surface area contributed by atoms with Crippen molar-refractivity contribution < 1.29 is 12.8 Å². The third kappa shape index (κ3) is 4.01. The van der Waals surface area contributed by atoms with Gasteiger partial charge in [0.15, 0.2) is 0 Å². The Hall–Kier alpha value is -1.59. The molecule has 0 saturated heterocycles. The molecular weight excluding hydrogens is 250 g/mol. The van der Waals surface area contributed by atoms with Crippen molar-refractivity contribution >= 4 is 10.0 Å². The van der Waals surface area contributed by atoms with Crippen molar-refractivity contribution in [2.45, 2.75) is 12.2 Å². The first kappa shape index (κ1) is 12.9. The second-order valence-corrected chi connectivity index (χ2v) is 5.78. The molecule has 0 amide bonds. The van der Waals surface area contributed by atoms with Crippen LogP contribution in [-0.4, -0.2) is 15.0 Å². The lowest BCUT2D eigenvalue weighted by Crippen LogP contribution is -2.27. The van der Waals surface area contributed by atoms with Gasteiger partial charge in [-0.15, -0.1) is 0 Å². The third-order valence-electron chi connectivity index (χ3n) is 2.47. The van der Waals surface area contributed by atoms with Crippen LogP contribution in [0.5, 0.6) is 0 Å². The second-order valence-electron chi connectivity index (χ2n) is 3.97. The van der Waals surface area contributed by atoms with Gasteiger partial charge < -0.3 is 4.42 Å². The summed E-state index contributed by atoms with van der Waals surface area (Å²) < 4.78 is 31.3. The van der Waals surface area contributed by atoms with E-state index < -0.39 is 10.0 Å². The smallest absolute Gasteiger partial charge is 0.215 e. The standard InChI is InChI=1S/C13H15NO3S/c15-18(16,11-12-5-2-1-3-6-12)14-9-8-13-7-4-10-17-13/h1-7,10,14H,8-9,11H2. The largest absolute Gasteiger partial charge is 0.469 e. The van der Waals surface area contributed by atoms with Crippen molar-refractivity contribution in [3.8, 4) is 0 Å². The zero-order valence-corrected chi connectivity index (χ0v) is 10.7. The van der Waals surface area contributed by atoms with E-state index in [2.05, 4.69) is 4.72 Å². The summed E-state index contributed by atoms with van der Waals surface area (Å²) in [5.41, 5.74) is 0.781. The molecule has 96 valence electrons. The summed E-state index contributed by atoms with van der Waals surface area (Å²) in [5, 5.41) is 0. The lowest BCUT2D eigenvalue weighted by Gasteiger charge is -2.05. The van der Waals surface area contributed by atoms with Gasteiger partial charge in [0.05, 0.1) is 12.0 Å². The summed E-state index contributed by atoms with van der Waals surface area (Å²) >= 11 is 0. The van der Waals surface area contributed by atoms with E-state index in [4.69, 9.17) is 4.42 Å². The molecule has 0 aliphatic carbocycles. The van der Waals surface area contributed by atoms with E-state index in [-0.39, 0.29) is 5.75 Å². The highest BCUT2D eigenvalue weighted by atomic mass is 32.2. The molecule has 5 heteroatoms. The monoisotopic (exact) mass is 265 g/mol. The van der Waals surface area contributed by atoms with Gasteiger partial charge in [-0.3, -0.25) is 0 Å². The minimum Gasteiger partial charge on any atom is -0.469 e. The van der Waals surface area contributed by atoms with Gasteiger partial charge in [0.25, 0.3) is 0 Å². The van der Waals surface area contributed by atoms with Crippen molar-refractivity contribution in [2.75, 3.05) is 6.54 Å². The molecule has 0 bridgehead atoms. The Morgan fingerprint density at radius 2 is 1.83 bits per heavy atom. The number of hydrogen-bond donors (Lipinski definition) is 1. The molecule has 1 N–H and O–H groups in total. The number of rotatable bonds is 6. The van der Waals surface area contributed by atoms with Gasteiger partial charge >= 0.3 is 0 Å². The minimum atomic E-state index is -3.28.